The van der Waals surface area contributed by atoms with Crippen molar-refractivity contribution in [1.29, 1.82) is 0 Å². The number of anilines is 1. The second-order valence-corrected chi connectivity index (χ2v) is 3.90. The van der Waals surface area contributed by atoms with E-state index in [4.69, 9.17) is 4.74 Å². The standard InChI is InChI=1S/C12H16N2O2/c1-2-16-10-7-4-8-13-11(10)14-12(15)9-5-3-6-9/h4,7-9H,2-3,5-6H2,1H3,(H,13,14,15). The fourth-order valence-corrected chi connectivity index (χ4v) is 1.65. The molecular formula is C12H16N2O2. The fourth-order valence-electron chi connectivity index (χ4n) is 1.65. The molecule has 2 rings (SSSR count). The average Bonchev–Trinajstić information content (AvgIpc) is 2.18. The van der Waals surface area contributed by atoms with Gasteiger partial charge in [-0.2, -0.15) is 0 Å². The predicted octanol–water partition coefficient (Wildman–Crippen LogP) is 2.22. The van der Waals surface area contributed by atoms with Crippen molar-refractivity contribution in [2.24, 2.45) is 5.92 Å². The monoisotopic (exact) mass is 220 g/mol. The lowest BCUT2D eigenvalue weighted by Gasteiger charge is -2.24. The molecule has 1 aromatic rings. The number of nitrogens with zero attached hydrogens (tertiary/aromatic N) is 1. The van der Waals surface area contributed by atoms with Crippen LogP contribution < -0.4 is 10.1 Å². The van der Waals surface area contributed by atoms with Gasteiger partial charge in [-0.25, -0.2) is 4.98 Å². The number of nitrogens with one attached hydrogen (secondary N) is 1. The van der Waals surface area contributed by atoms with Crippen LogP contribution in [0.25, 0.3) is 0 Å². The Morgan fingerprint density at radius 3 is 3.06 bits per heavy atom. The molecule has 0 atom stereocenters. The summed E-state index contributed by atoms with van der Waals surface area (Å²) in [7, 11) is 0. The summed E-state index contributed by atoms with van der Waals surface area (Å²) in [5.41, 5.74) is 0. The van der Waals surface area contributed by atoms with Crippen LogP contribution in [0.4, 0.5) is 5.82 Å². The van der Waals surface area contributed by atoms with Crippen molar-refractivity contribution in [3.63, 3.8) is 0 Å². The fraction of sp³-hybridized carbons (Fsp3) is 0.500. The van der Waals surface area contributed by atoms with Gasteiger partial charge in [0.15, 0.2) is 11.6 Å². The first-order chi connectivity index (χ1) is 7.81. The van der Waals surface area contributed by atoms with E-state index >= 15 is 0 Å². The van der Waals surface area contributed by atoms with Gasteiger partial charge in [-0.15, -0.1) is 0 Å². The lowest BCUT2D eigenvalue weighted by molar-refractivity contribution is -0.122. The number of rotatable bonds is 4. The van der Waals surface area contributed by atoms with E-state index in [9.17, 15) is 4.79 Å². The van der Waals surface area contributed by atoms with Crippen LogP contribution in [0.1, 0.15) is 26.2 Å². The summed E-state index contributed by atoms with van der Waals surface area (Å²) >= 11 is 0. The van der Waals surface area contributed by atoms with Gasteiger partial charge in [0.2, 0.25) is 5.91 Å². The van der Waals surface area contributed by atoms with Crippen molar-refractivity contribution in [2.75, 3.05) is 11.9 Å². The Bertz CT molecular complexity index is 375. The van der Waals surface area contributed by atoms with Gasteiger partial charge in [0.25, 0.3) is 0 Å². The molecule has 0 saturated heterocycles. The molecule has 4 nitrogen and oxygen atoms in total. The van der Waals surface area contributed by atoms with Gasteiger partial charge in [0.1, 0.15) is 0 Å². The summed E-state index contributed by atoms with van der Waals surface area (Å²) < 4.78 is 5.39. The van der Waals surface area contributed by atoms with E-state index in [2.05, 4.69) is 10.3 Å². The highest BCUT2D eigenvalue weighted by Crippen LogP contribution is 2.29. The van der Waals surface area contributed by atoms with Crippen molar-refractivity contribution in [3.8, 4) is 5.75 Å². The van der Waals surface area contributed by atoms with Gasteiger partial charge in [-0.05, 0) is 31.9 Å². The Labute approximate surface area is 95.0 Å². The molecule has 1 amide bonds. The second-order valence-electron chi connectivity index (χ2n) is 3.90. The lowest BCUT2D eigenvalue weighted by atomic mass is 9.85. The van der Waals surface area contributed by atoms with Crippen molar-refractivity contribution >= 4 is 11.7 Å². The molecule has 0 spiro atoms. The third-order valence-electron chi connectivity index (χ3n) is 2.79. The number of carbonyl (C=O) groups excluding carboxylic acids is 1. The third-order valence-corrected chi connectivity index (χ3v) is 2.79. The molecule has 1 saturated carbocycles. The maximum Gasteiger partial charge on any atom is 0.228 e. The molecule has 0 aliphatic heterocycles. The summed E-state index contributed by atoms with van der Waals surface area (Å²) in [6, 6.07) is 3.61. The van der Waals surface area contributed by atoms with Gasteiger partial charge >= 0.3 is 0 Å². The number of amides is 1. The largest absolute Gasteiger partial charge is 0.490 e. The zero-order chi connectivity index (χ0) is 11.4. The maximum atomic E-state index is 11.7. The third kappa shape index (κ3) is 2.32. The van der Waals surface area contributed by atoms with Gasteiger partial charge in [-0.1, -0.05) is 6.42 Å². The van der Waals surface area contributed by atoms with Crippen molar-refractivity contribution < 1.29 is 9.53 Å². The van der Waals surface area contributed by atoms with Crippen LogP contribution in [0.15, 0.2) is 18.3 Å². The normalized spacial score (nSPS) is 15.3. The highest BCUT2D eigenvalue weighted by Gasteiger charge is 2.26. The van der Waals surface area contributed by atoms with Crippen LogP contribution in [0.5, 0.6) is 5.75 Å². The van der Waals surface area contributed by atoms with E-state index < -0.39 is 0 Å². The molecule has 1 heterocycles. The molecule has 4 heteroatoms. The zero-order valence-corrected chi connectivity index (χ0v) is 9.40. The minimum Gasteiger partial charge on any atom is -0.490 e. The van der Waals surface area contributed by atoms with Crippen LogP contribution in [0, 0.1) is 5.92 Å². The summed E-state index contributed by atoms with van der Waals surface area (Å²) in [5, 5.41) is 2.82. The highest BCUT2D eigenvalue weighted by molar-refractivity contribution is 5.93. The number of ether oxygens (including phenoxy) is 1. The van der Waals surface area contributed by atoms with E-state index in [1.54, 1.807) is 12.3 Å². The summed E-state index contributed by atoms with van der Waals surface area (Å²) in [4.78, 5) is 15.9. The van der Waals surface area contributed by atoms with Crippen molar-refractivity contribution in [3.05, 3.63) is 18.3 Å². The molecule has 1 fully saturated rings. The van der Waals surface area contributed by atoms with Crippen molar-refractivity contribution in [1.82, 2.24) is 4.98 Å². The van der Waals surface area contributed by atoms with Gasteiger partial charge in [0.05, 0.1) is 6.61 Å². The number of aromatic nitrogens is 1. The maximum absolute atomic E-state index is 11.7. The molecule has 1 aliphatic rings. The van der Waals surface area contributed by atoms with Gasteiger partial charge in [0, 0.05) is 12.1 Å². The quantitative estimate of drug-likeness (QED) is 0.846. The Morgan fingerprint density at radius 2 is 2.44 bits per heavy atom. The minimum atomic E-state index is 0.0610. The summed E-state index contributed by atoms with van der Waals surface area (Å²) in [6.07, 6.45) is 4.78. The van der Waals surface area contributed by atoms with Gasteiger partial charge in [-0.3, -0.25) is 4.79 Å². The Balaban J connectivity index is 2.04. The predicted molar refractivity (Wildman–Crippen MR) is 61.4 cm³/mol. The number of hydrogen-bond acceptors (Lipinski definition) is 3. The zero-order valence-electron chi connectivity index (χ0n) is 9.40. The number of hydrogen-bond donors (Lipinski definition) is 1. The van der Waals surface area contributed by atoms with E-state index in [1.807, 2.05) is 13.0 Å². The highest BCUT2D eigenvalue weighted by atomic mass is 16.5. The summed E-state index contributed by atoms with van der Waals surface area (Å²) in [6.45, 7) is 2.47. The van der Waals surface area contributed by atoms with Gasteiger partial charge < -0.3 is 10.1 Å². The van der Waals surface area contributed by atoms with Crippen LogP contribution in [0.2, 0.25) is 0 Å². The molecule has 16 heavy (non-hydrogen) atoms. The molecule has 1 aliphatic carbocycles. The van der Waals surface area contributed by atoms with Crippen LogP contribution in [-0.2, 0) is 4.79 Å². The Kier molecular flexibility index (Phi) is 3.39. The van der Waals surface area contributed by atoms with E-state index in [0.717, 1.165) is 19.3 Å². The average molecular weight is 220 g/mol. The molecule has 0 aromatic carbocycles. The number of pyridine rings is 1. The topological polar surface area (TPSA) is 51.2 Å². The van der Waals surface area contributed by atoms with Crippen LogP contribution in [-0.4, -0.2) is 17.5 Å². The number of carbonyl (C=O) groups is 1. The molecular weight excluding hydrogens is 204 g/mol. The van der Waals surface area contributed by atoms with Crippen LogP contribution in [0.3, 0.4) is 0 Å². The van der Waals surface area contributed by atoms with E-state index in [1.165, 1.54) is 0 Å². The van der Waals surface area contributed by atoms with E-state index in [-0.39, 0.29) is 11.8 Å². The minimum absolute atomic E-state index is 0.0610. The SMILES string of the molecule is CCOc1cccnc1NC(=O)C1CCC1. The molecule has 0 bridgehead atoms. The van der Waals surface area contributed by atoms with Crippen LogP contribution >= 0.6 is 0 Å². The Morgan fingerprint density at radius 1 is 1.62 bits per heavy atom. The molecule has 0 radical (unpaired) electrons. The first kappa shape index (κ1) is 10.9. The first-order valence-electron chi connectivity index (χ1n) is 5.70. The second kappa shape index (κ2) is 4.96. The Hall–Kier alpha value is -1.58. The molecule has 1 aromatic heterocycles. The lowest BCUT2D eigenvalue weighted by Crippen LogP contribution is -2.28. The first-order valence-corrected chi connectivity index (χ1v) is 5.70. The summed E-state index contributed by atoms with van der Waals surface area (Å²) in [5.74, 6) is 1.39. The molecule has 86 valence electrons. The van der Waals surface area contributed by atoms with Crippen molar-refractivity contribution in [2.45, 2.75) is 26.2 Å². The molecule has 1 N–H and O–H groups in total. The van der Waals surface area contributed by atoms with E-state index in [0.29, 0.717) is 18.2 Å². The smallest absolute Gasteiger partial charge is 0.228 e. The molecule has 0 unspecified atom stereocenters.